The molecule has 0 aliphatic rings. The van der Waals surface area contributed by atoms with E-state index in [0.717, 1.165) is 0 Å². The lowest BCUT2D eigenvalue weighted by Gasteiger charge is -2.09. The van der Waals surface area contributed by atoms with Crippen molar-refractivity contribution < 1.29 is 9.53 Å². The van der Waals surface area contributed by atoms with Gasteiger partial charge in [-0.3, -0.25) is 4.79 Å². The van der Waals surface area contributed by atoms with Crippen molar-refractivity contribution in [1.29, 1.82) is 5.26 Å². The summed E-state index contributed by atoms with van der Waals surface area (Å²) in [6, 6.07) is 11.8. The summed E-state index contributed by atoms with van der Waals surface area (Å²) in [5, 5.41) is 12.9. The molecule has 0 radical (unpaired) electrons. The molecule has 0 spiro atoms. The normalized spacial score (nSPS) is 10.9. The van der Waals surface area contributed by atoms with E-state index in [9.17, 15) is 10.1 Å². The van der Waals surface area contributed by atoms with Crippen LogP contribution in [0.2, 0.25) is 10.0 Å². The maximum absolute atomic E-state index is 12.3. The second kappa shape index (κ2) is 8.20. The molecule has 7 heteroatoms. The fraction of sp³-hybridized carbons (Fsp3) is 0.0588. The van der Waals surface area contributed by atoms with E-state index >= 15 is 0 Å². The molecule has 0 saturated carbocycles. The first-order valence-corrected chi connectivity index (χ1v) is 8.21. The van der Waals surface area contributed by atoms with Gasteiger partial charge in [-0.2, -0.15) is 5.26 Å². The summed E-state index contributed by atoms with van der Waals surface area (Å²) >= 11 is 15.2. The van der Waals surface area contributed by atoms with Gasteiger partial charge in [-0.25, -0.2) is 0 Å². The Labute approximate surface area is 157 Å². The molecule has 122 valence electrons. The van der Waals surface area contributed by atoms with Crippen LogP contribution in [0.5, 0.6) is 5.75 Å². The summed E-state index contributed by atoms with van der Waals surface area (Å²) in [4.78, 5) is 12.3. The predicted octanol–water partition coefficient (Wildman–Crippen LogP) is 5.31. The number of ether oxygens (including phenoxy) is 1. The van der Waals surface area contributed by atoms with Gasteiger partial charge < -0.3 is 10.1 Å². The van der Waals surface area contributed by atoms with Crippen molar-refractivity contribution in [2.75, 3.05) is 12.4 Å². The first kappa shape index (κ1) is 18.3. The van der Waals surface area contributed by atoms with Gasteiger partial charge in [0.2, 0.25) is 0 Å². The number of nitrogens with one attached hydrogen (secondary N) is 1. The average molecular weight is 426 g/mol. The van der Waals surface area contributed by atoms with Crippen LogP contribution in [0.3, 0.4) is 0 Å². The van der Waals surface area contributed by atoms with Gasteiger partial charge in [0.05, 0.1) is 11.6 Å². The summed E-state index contributed by atoms with van der Waals surface area (Å²) < 4.78 is 5.90. The molecule has 0 saturated heterocycles. The van der Waals surface area contributed by atoms with E-state index in [1.54, 1.807) is 36.4 Å². The minimum atomic E-state index is -0.557. The van der Waals surface area contributed by atoms with Crippen molar-refractivity contribution in [3.63, 3.8) is 0 Å². The van der Waals surface area contributed by atoms with E-state index < -0.39 is 5.91 Å². The number of methoxy groups -OCH3 is 1. The lowest BCUT2D eigenvalue weighted by molar-refractivity contribution is -0.112. The van der Waals surface area contributed by atoms with E-state index in [-0.39, 0.29) is 5.57 Å². The molecule has 2 rings (SSSR count). The Morgan fingerprint density at radius 2 is 2.04 bits per heavy atom. The van der Waals surface area contributed by atoms with Gasteiger partial charge in [0.25, 0.3) is 5.91 Å². The second-order valence-electron chi connectivity index (χ2n) is 4.64. The summed E-state index contributed by atoms with van der Waals surface area (Å²) in [6.07, 6.45) is 1.41. The molecular formula is C17H11BrCl2N2O2. The minimum Gasteiger partial charge on any atom is -0.495 e. The molecule has 0 unspecified atom stereocenters. The number of hydrogen-bond donors (Lipinski definition) is 1. The molecule has 0 fully saturated rings. The summed E-state index contributed by atoms with van der Waals surface area (Å²) in [5.74, 6) is -0.0828. The Morgan fingerprint density at radius 3 is 2.67 bits per heavy atom. The lowest BCUT2D eigenvalue weighted by atomic mass is 10.1. The molecule has 4 nitrogen and oxygen atoms in total. The van der Waals surface area contributed by atoms with Crippen molar-refractivity contribution in [2.45, 2.75) is 0 Å². The Morgan fingerprint density at radius 1 is 1.29 bits per heavy atom. The minimum absolute atomic E-state index is 0.0950. The van der Waals surface area contributed by atoms with Crippen LogP contribution in [-0.2, 0) is 4.79 Å². The molecular weight excluding hydrogens is 415 g/mol. The van der Waals surface area contributed by atoms with E-state index in [1.807, 2.05) is 6.07 Å². The fourth-order valence-electron chi connectivity index (χ4n) is 1.97. The number of carbonyl (C=O) groups is 1. The number of carbonyl (C=O) groups excluding carboxylic acids is 1. The number of halogens is 3. The highest BCUT2D eigenvalue weighted by atomic mass is 79.9. The molecule has 0 heterocycles. The standard InChI is InChI=1S/C17H11BrCl2N2O2/c1-24-16-10(6-13(20)8-15(16)18)5-11(9-21)17(23)22-14-4-2-3-12(19)7-14/h2-8H,1H3,(H,22,23)/b11-5+. The van der Waals surface area contributed by atoms with Crippen molar-refractivity contribution >= 4 is 56.8 Å². The fourth-order valence-corrected chi connectivity index (χ4v) is 3.16. The molecule has 0 aromatic heterocycles. The van der Waals surface area contributed by atoms with E-state index in [1.165, 1.54) is 13.2 Å². The average Bonchev–Trinajstić information content (AvgIpc) is 2.52. The van der Waals surface area contributed by atoms with Crippen molar-refractivity contribution in [1.82, 2.24) is 0 Å². The van der Waals surface area contributed by atoms with Crippen LogP contribution in [0.25, 0.3) is 6.08 Å². The molecule has 2 aromatic rings. The summed E-state index contributed by atoms with van der Waals surface area (Å²) in [5.41, 5.74) is 0.907. The molecule has 0 aliphatic carbocycles. The number of anilines is 1. The zero-order valence-corrected chi connectivity index (χ0v) is 15.5. The highest BCUT2D eigenvalue weighted by Gasteiger charge is 2.13. The van der Waals surface area contributed by atoms with Gasteiger partial charge in [0, 0.05) is 21.3 Å². The molecule has 0 atom stereocenters. The van der Waals surface area contributed by atoms with Crippen molar-refractivity contribution in [3.05, 3.63) is 62.1 Å². The Kier molecular flexibility index (Phi) is 6.27. The molecule has 0 bridgehead atoms. The van der Waals surface area contributed by atoms with Crippen LogP contribution in [0.4, 0.5) is 5.69 Å². The molecule has 2 aromatic carbocycles. The summed E-state index contributed by atoms with van der Waals surface area (Å²) in [7, 11) is 1.49. The third-order valence-electron chi connectivity index (χ3n) is 2.99. The lowest BCUT2D eigenvalue weighted by Crippen LogP contribution is -2.13. The van der Waals surface area contributed by atoms with E-state index in [2.05, 4.69) is 21.2 Å². The number of rotatable bonds is 4. The number of benzene rings is 2. The Balaban J connectivity index is 2.36. The first-order valence-electron chi connectivity index (χ1n) is 6.66. The maximum Gasteiger partial charge on any atom is 0.266 e. The van der Waals surface area contributed by atoms with Crippen LogP contribution < -0.4 is 10.1 Å². The number of nitriles is 1. The number of amides is 1. The Hall–Kier alpha value is -2.00. The van der Waals surface area contributed by atoms with E-state index in [4.69, 9.17) is 27.9 Å². The zero-order chi connectivity index (χ0) is 17.7. The van der Waals surface area contributed by atoms with E-state index in [0.29, 0.717) is 31.5 Å². The van der Waals surface area contributed by atoms with Crippen LogP contribution in [0, 0.1) is 11.3 Å². The summed E-state index contributed by atoms with van der Waals surface area (Å²) in [6.45, 7) is 0. The molecule has 1 amide bonds. The van der Waals surface area contributed by atoms with Crippen LogP contribution in [-0.4, -0.2) is 13.0 Å². The second-order valence-corrected chi connectivity index (χ2v) is 6.37. The van der Waals surface area contributed by atoms with Gasteiger partial charge in [-0.1, -0.05) is 29.3 Å². The van der Waals surface area contributed by atoms with Crippen LogP contribution in [0.1, 0.15) is 5.56 Å². The predicted molar refractivity (Wildman–Crippen MR) is 99.4 cm³/mol. The van der Waals surface area contributed by atoms with Gasteiger partial charge in [-0.15, -0.1) is 0 Å². The topological polar surface area (TPSA) is 62.1 Å². The van der Waals surface area contributed by atoms with Gasteiger partial charge in [-0.05, 0) is 52.3 Å². The third-order valence-corrected chi connectivity index (χ3v) is 4.03. The quantitative estimate of drug-likeness (QED) is 0.533. The Bertz CT molecular complexity index is 860. The van der Waals surface area contributed by atoms with Gasteiger partial charge >= 0.3 is 0 Å². The molecule has 24 heavy (non-hydrogen) atoms. The van der Waals surface area contributed by atoms with Gasteiger partial charge in [0.1, 0.15) is 17.4 Å². The van der Waals surface area contributed by atoms with Crippen molar-refractivity contribution in [2.24, 2.45) is 0 Å². The van der Waals surface area contributed by atoms with Crippen molar-refractivity contribution in [3.8, 4) is 11.8 Å². The highest BCUT2D eigenvalue weighted by molar-refractivity contribution is 9.10. The smallest absolute Gasteiger partial charge is 0.266 e. The zero-order valence-electron chi connectivity index (χ0n) is 12.4. The van der Waals surface area contributed by atoms with Crippen LogP contribution >= 0.6 is 39.1 Å². The first-order chi connectivity index (χ1) is 11.4. The monoisotopic (exact) mass is 424 g/mol. The largest absolute Gasteiger partial charge is 0.495 e. The maximum atomic E-state index is 12.3. The number of nitrogens with zero attached hydrogens (tertiary/aromatic N) is 1. The number of hydrogen-bond acceptors (Lipinski definition) is 3. The van der Waals surface area contributed by atoms with Crippen LogP contribution in [0.15, 0.2) is 46.4 Å². The SMILES string of the molecule is COc1c(Br)cc(Cl)cc1/C=C(\C#N)C(=O)Nc1cccc(Cl)c1. The highest BCUT2D eigenvalue weighted by Crippen LogP contribution is 2.34. The third kappa shape index (κ3) is 4.51. The molecule has 0 aliphatic heterocycles. The van der Waals surface area contributed by atoms with Gasteiger partial charge in [0.15, 0.2) is 0 Å². The molecule has 1 N–H and O–H groups in total.